The Bertz CT molecular complexity index is 624. The van der Waals surface area contributed by atoms with Gasteiger partial charge in [-0.05, 0) is 37.8 Å². The number of aromatic nitrogens is 2. The molecule has 0 bridgehead atoms. The Balaban J connectivity index is 1.75. The van der Waals surface area contributed by atoms with E-state index in [4.69, 9.17) is 4.98 Å². The van der Waals surface area contributed by atoms with Gasteiger partial charge in [0, 0.05) is 23.5 Å². The van der Waals surface area contributed by atoms with Crippen LogP contribution in [0.4, 0.5) is 0 Å². The zero-order valence-corrected chi connectivity index (χ0v) is 12.9. The van der Waals surface area contributed by atoms with Gasteiger partial charge in [0.25, 0.3) is 0 Å². The summed E-state index contributed by atoms with van der Waals surface area (Å²) in [5.74, 6) is 0.288. The number of aryl methyl sites for hydroxylation is 1. The number of amides is 1. The molecule has 1 unspecified atom stereocenters. The molecular formula is C16H19N3OS. The van der Waals surface area contributed by atoms with Crippen molar-refractivity contribution in [1.29, 1.82) is 0 Å². The number of carbonyl (C=O) groups excluding carboxylic acids is 1. The summed E-state index contributed by atoms with van der Waals surface area (Å²) >= 11 is 1.68. The molecule has 1 N–H and O–H groups in total. The van der Waals surface area contributed by atoms with E-state index in [1.807, 2.05) is 18.2 Å². The second-order valence-corrected chi connectivity index (χ2v) is 6.42. The highest BCUT2D eigenvalue weighted by molar-refractivity contribution is 7.15. The predicted octanol–water partition coefficient (Wildman–Crippen LogP) is 2.84. The van der Waals surface area contributed by atoms with Crippen molar-refractivity contribution in [2.24, 2.45) is 5.92 Å². The van der Waals surface area contributed by atoms with Crippen LogP contribution in [0, 0.1) is 5.92 Å². The quantitative estimate of drug-likeness (QED) is 0.944. The van der Waals surface area contributed by atoms with Gasteiger partial charge in [0.05, 0.1) is 11.4 Å². The van der Waals surface area contributed by atoms with E-state index in [1.165, 1.54) is 4.88 Å². The number of nitrogens with zero attached hydrogens (tertiary/aromatic N) is 2. The van der Waals surface area contributed by atoms with Crippen molar-refractivity contribution in [2.75, 3.05) is 6.54 Å². The van der Waals surface area contributed by atoms with Crippen molar-refractivity contribution in [1.82, 2.24) is 15.3 Å². The lowest BCUT2D eigenvalue weighted by Gasteiger charge is -2.20. The first-order valence-corrected chi connectivity index (χ1v) is 8.27. The fourth-order valence-electron chi connectivity index (χ4n) is 2.59. The molecule has 0 fully saturated rings. The molecule has 110 valence electrons. The maximum absolute atomic E-state index is 12.1. The van der Waals surface area contributed by atoms with Gasteiger partial charge in [0.1, 0.15) is 5.01 Å². The second kappa shape index (κ2) is 6.35. The lowest BCUT2D eigenvalue weighted by molar-refractivity contribution is -0.125. The van der Waals surface area contributed by atoms with Gasteiger partial charge in [0.2, 0.25) is 5.91 Å². The first-order chi connectivity index (χ1) is 10.3. The Kier molecular flexibility index (Phi) is 4.29. The van der Waals surface area contributed by atoms with E-state index in [1.54, 1.807) is 17.5 Å². The van der Waals surface area contributed by atoms with Crippen LogP contribution in [0.25, 0.3) is 10.7 Å². The average molecular weight is 301 g/mol. The summed E-state index contributed by atoms with van der Waals surface area (Å²) < 4.78 is 0. The van der Waals surface area contributed by atoms with E-state index >= 15 is 0 Å². The largest absolute Gasteiger partial charge is 0.356 e. The molecule has 5 heteroatoms. The van der Waals surface area contributed by atoms with Gasteiger partial charge in [-0.2, -0.15) is 0 Å². The Labute approximate surface area is 128 Å². The molecule has 0 saturated carbocycles. The van der Waals surface area contributed by atoms with Crippen molar-refractivity contribution in [3.05, 3.63) is 35.0 Å². The summed E-state index contributed by atoms with van der Waals surface area (Å²) in [5, 5.41) is 3.97. The Morgan fingerprint density at radius 3 is 3.14 bits per heavy atom. The molecule has 1 amide bonds. The number of pyridine rings is 1. The van der Waals surface area contributed by atoms with Crippen molar-refractivity contribution < 1.29 is 4.79 Å². The fourth-order valence-corrected chi connectivity index (χ4v) is 3.75. The topological polar surface area (TPSA) is 54.9 Å². The van der Waals surface area contributed by atoms with E-state index in [9.17, 15) is 4.79 Å². The monoisotopic (exact) mass is 301 g/mol. The van der Waals surface area contributed by atoms with Crippen molar-refractivity contribution in [3.8, 4) is 10.7 Å². The van der Waals surface area contributed by atoms with Crippen molar-refractivity contribution >= 4 is 17.2 Å². The molecule has 2 aromatic rings. The minimum Gasteiger partial charge on any atom is -0.356 e. The number of nitrogens with one attached hydrogen (secondary N) is 1. The second-order valence-electron chi connectivity index (χ2n) is 5.33. The van der Waals surface area contributed by atoms with Gasteiger partial charge in [-0.3, -0.25) is 9.78 Å². The van der Waals surface area contributed by atoms with Gasteiger partial charge < -0.3 is 5.32 Å². The molecule has 0 aromatic carbocycles. The van der Waals surface area contributed by atoms with Gasteiger partial charge in [0.15, 0.2) is 0 Å². The summed E-state index contributed by atoms with van der Waals surface area (Å²) in [5.41, 5.74) is 2.07. The Morgan fingerprint density at radius 2 is 2.38 bits per heavy atom. The first kappa shape index (κ1) is 14.2. The average Bonchev–Trinajstić information content (AvgIpc) is 2.96. The van der Waals surface area contributed by atoms with Gasteiger partial charge in [-0.15, -0.1) is 11.3 Å². The van der Waals surface area contributed by atoms with Crippen molar-refractivity contribution in [3.63, 3.8) is 0 Å². The molecule has 3 rings (SSSR count). The smallest absolute Gasteiger partial charge is 0.223 e. The summed E-state index contributed by atoms with van der Waals surface area (Å²) in [7, 11) is 0. The molecular weight excluding hydrogens is 282 g/mol. The van der Waals surface area contributed by atoms with Gasteiger partial charge >= 0.3 is 0 Å². The van der Waals surface area contributed by atoms with Crippen LogP contribution in [0.15, 0.2) is 24.4 Å². The lowest BCUT2D eigenvalue weighted by atomic mass is 9.90. The zero-order valence-electron chi connectivity index (χ0n) is 12.1. The number of carbonyl (C=O) groups is 1. The standard InChI is InChI=1S/C16H19N3OS/c1-2-8-18-15(20)11-6-7-12-14(10-11)21-16(19-12)13-5-3-4-9-17-13/h3-5,9,11H,2,6-8,10H2,1H3,(H,18,20). The first-order valence-electron chi connectivity index (χ1n) is 7.45. The fraction of sp³-hybridized carbons (Fsp3) is 0.438. The molecule has 2 heterocycles. The molecule has 0 saturated heterocycles. The minimum absolute atomic E-state index is 0.0982. The third-order valence-electron chi connectivity index (χ3n) is 3.74. The van der Waals surface area contributed by atoms with Gasteiger partial charge in [-0.25, -0.2) is 4.98 Å². The number of thiazole rings is 1. The zero-order chi connectivity index (χ0) is 14.7. The molecule has 2 aromatic heterocycles. The van der Waals surface area contributed by atoms with Crippen LogP contribution in [0.5, 0.6) is 0 Å². The van der Waals surface area contributed by atoms with Crippen molar-refractivity contribution in [2.45, 2.75) is 32.6 Å². The van der Waals surface area contributed by atoms with Crippen LogP contribution in [-0.2, 0) is 17.6 Å². The van der Waals surface area contributed by atoms with Crippen LogP contribution in [-0.4, -0.2) is 22.4 Å². The maximum atomic E-state index is 12.1. The van der Waals surface area contributed by atoms with Crippen LogP contribution >= 0.6 is 11.3 Å². The molecule has 0 radical (unpaired) electrons. The number of hydrogen-bond donors (Lipinski definition) is 1. The van der Waals surface area contributed by atoms with Crippen LogP contribution in [0.2, 0.25) is 0 Å². The highest BCUT2D eigenvalue weighted by Gasteiger charge is 2.27. The molecule has 1 aliphatic rings. The van der Waals surface area contributed by atoms with E-state index in [0.29, 0.717) is 0 Å². The summed E-state index contributed by atoms with van der Waals surface area (Å²) in [4.78, 5) is 22.4. The lowest BCUT2D eigenvalue weighted by Crippen LogP contribution is -2.34. The third kappa shape index (κ3) is 3.13. The summed E-state index contributed by atoms with van der Waals surface area (Å²) in [6.07, 6.45) is 5.37. The van der Waals surface area contributed by atoms with Crippen LogP contribution < -0.4 is 5.32 Å². The number of fused-ring (bicyclic) bond motifs is 1. The SMILES string of the molecule is CCCNC(=O)C1CCc2nc(-c3ccccn3)sc2C1. The van der Waals surface area contributed by atoms with E-state index in [-0.39, 0.29) is 11.8 Å². The highest BCUT2D eigenvalue weighted by Crippen LogP contribution is 2.33. The molecule has 0 aliphatic heterocycles. The molecule has 1 aliphatic carbocycles. The Hall–Kier alpha value is -1.75. The Morgan fingerprint density at radius 1 is 1.48 bits per heavy atom. The third-order valence-corrected chi connectivity index (χ3v) is 4.89. The number of rotatable bonds is 4. The summed E-state index contributed by atoms with van der Waals surface area (Å²) in [6.45, 7) is 2.84. The molecule has 0 spiro atoms. The van der Waals surface area contributed by atoms with Crippen LogP contribution in [0.1, 0.15) is 30.3 Å². The van der Waals surface area contributed by atoms with E-state index < -0.39 is 0 Å². The van der Waals surface area contributed by atoms with E-state index in [2.05, 4.69) is 17.2 Å². The maximum Gasteiger partial charge on any atom is 0.223 e. The summed E-state index contributed by atoms with van der Waals surface area (Å²) in [6, 6.07) is 5.87. The highest BCUT2D eigenvalue weighted by atomic mass is 32.1. The normalized spacial score (nSPS) is 17.3. The van der Waals surface area contributed by atoms with Crippen LogP contribution in [0.3, 0.4) is 0 Å². The minimum atomic E-state index is 0.0982. The number of hydrogen-bond acceptors (Lipinski definition) is 4. The molecule has 4 nitrogen and oxygen atoms in total. The van der Waals surface area contributed by atoms with E-state index in [0.717, 1.165) is 48.6 Å². The predicted molar refractivity (Wildman–Crippen MR) is 84.2 cm³/mol. The van der Waals surface area contributed by atoms with Gasteiger partial charge in [-0.1, -0.05) is 13.0 Å². The molecule has 1 atom stereocenters. The molecule has 21 heavy (non-hydrogen) atoms.